The van der Waals surface area contributed by atoms with Crippen LogP contribution in [0.1, 0.15) is 181 Å². The number of thiol groups is 1. The van der Waals surface area contributed by atoms with E-state index < -0.39 is 42.5 Å². The molecule has 0 radical (unpaired) electrons. The summed E-state index contributed by atoms with van der Waals surface area (Å²) in [5.74, 6) is 0. The van der Waals surface area contributed by atoms with E-state index in [1.54, 1.807) is 0 Å². The monoisotopic (exact) mass is 661 g/mol. The molecule has 4 N–H and O–H groups in total. The predicted molar refractivity (Wildman–Crippen MR) is 190 cm³/mol. The summed E-state index contributed by atoms with van der Waals surface area (Å²) in [5, 5.41) is 41.6. The minimum Gasteiger partial charge on any atom is -0.394 e. The van der Waals surface area contributed by atoms with Gasteiger partial charge in [-0.05, 0) is 45.2 Å². The van der Waals surface area contributed by atoms with E-state index in [0.29, 0.717) is 6.54 Å². The van der Waals surface area contributed by atoms with Crippen LogP contribution in [0, 0.1) is 0 Å². The number of nitrogens with zero attached hydrogens (tertiary/aromatic N) is 1. The van der Waals surface area contributed by atoms with Gasteiger partial charge >= 0.3 is 5.24 Å². The van der Waals surface area contributed by atoms with Gasteiger partial charge in [0.2, 0.25) is 6.23 Å². The normalized spacial score (nSPS) is 24.0. The van der Waals surface area contributed by atoms with Gasteiger partial charge < -0.3 is 25.2 Å². The lowest BCUT2D eigenvalue weighted by atomic mass is 9.94. The molecule has 0 aromatic heterocycles. The van der Waals surface area contributed by atoms with Crippen molar-refractivity contribution < 1.29 is 34.4 Å². The Kier molecular flexibility index (Phi) is 25.4. The van der Waals surface area contributed by atoms with E-state index in [0.717, 1.165) is 38.5 Å². The lowest BCUT2D eigenvalue weighted by Crippen LogP contribution is -2.73. The van der Waals surface area contributed by atoms with Crippen LogP contribution in [0.3, 0.4) is 0 Å². The highest BCUT2D eigenvalue weighted by Crippen LogP contribution is 2.35. The van der Waals surface area contributed by atoms with Gasteiger partial charge in [-0.15, -0.1) is 0 Å². The molecule has 0 spiro atoms. The standard InChI is InChI=1S/C37H73NO6S/c1-4-6-8-10-12-14-16-17-18-19-20-22-24-26-28-31(3)38(37(43)45,29-27-25-23-21-15-13-11-9-7-5-2)36-35(42)34(41)33(40)32(30-39)44-36/h31-36,39-42H,4-30H2,1-3H3/p+1/t31?,32-,33-,34+,35-,36?,38?/m1/s1. The van der Waals surface area contributed by atoms with Gasteiger partial charge in [0.05, 0.1) is 19.2 Å². The summed E-state index contributed by atoms with van der Waals surface area (Å²) in [7, 11) is 0. The summed E-state index contributed by atoms with van der Waals surface area (Å²) in [6.45, 7) is 6.46. The van der Waals surface area contributed by atoms with Crippen molar-refractivity contribution in [3.05, 3.63) is 0 Å². The van der Waals surface area contributed by atoms with Crippen molar-refractivity contribution in [3.8, 4) is 0 Å². The van der Waals surface area contributed by atoms with Crippen LogP contribution in [0.4, 0.5) is 4.79 Å². The number of carbonyl (C=O) groups excluding carboxylic acids is 1. The Morgan fingerprint density at radius 3 is 1.38 bits per heavy atom. The Bertz CT molecular complexity index is 712. The molecule has 0 saturated carbocycles. The van der Waals surface area contributed by atoms with Crippen molar-refractivity contribution in [2.45, 2.75) is 218 Å². The first-order valence-electron chi connectivity index (χ1n) is 19.2. The molecule has 3 unspecified atom stereocenters. The second-order valence-electron chi connectivity index (χ2n) is 14.1. The average molecular weight is 661 g/mol. The highest BCUT2D eigenvalue weighted by atomic mass is 32.1. The van der Waals surface area contributed by atoms with Gasteiger partial charge in [-0.25, -0.2) is 9.28 Å². The third kappa shape index (κ3) is 16.2. The van der Waals surface area contributed by atoms with E-state index in [2.05, 4.69) is 26.5 Å². The van der Waals surface area contributed by atoms with E-state index >= 15 is 0 Å². The molecule has 1 amide bonds. The number of aliphatic hydroxyl groups excluding tert-OH is 4. The van der Waals surface area contributed by atoms with Gasteiger partial charge in [-0.2, -0.15) is 0 Å². The molecule has 0 bridgehead atoms. The number of amides is 1. The molecule has 1 saturated heterocycles. The van der Waals surface area contributed by atoms with E-state index in [1.807, 2.05) is 6.92 Å². The second kappa shape index (κ2) is 26.7. The van der Waals surface area contributed by atoms with Crippen molar-refractivity contribution in [3.63, 3.8) is 0 Å². The third-order valence-electron chi connectivity index (χ3n) is 10.3. The number of hydrogen-bond acceptors (Lipinski definition) is 6. The molecule has 1 rings (SSSR count). The first-order valence-corrected chi connectivity index (χ1v) is 19.6. The lowest BCUT2D eigenvalue weighted by molar-refractivity contribution is -0.924. The van der Waals surface area contributed by atoms with Crippen LogP contribution in [-0.2, 0) is 4.74 Å². The smallest absolute Gasteiger partial charge is 0.374 e. The summed E-state index contributed by atoms with van der Waals surface area (Å²) < 4.78 is 5.83. The average Bonchev–Trinajstić information content (AvgIpc) is 3.03. The summed E-state index contributed by atoms with van der Waals surface area (Å²) >= 11 is 4.36. The lowest BCUT2D eigenvalue weighted by Gasteiger charge is -2.51. The maximum absolute atomic E-state index is 13.4. The maximum Gasteiger partial charge on any atom is 0.374 e. The fourth-order valence-corrected chi connectivity index (χ4v) is 7.59. The van der Waals surface area contributed by atoms with Gasteiger partial charge in [0.15, 0.2) is 6.10 Å². The van der Waals surface area contributed by atoms with E-state index in [4.69, 9.17) is 4.74 Å². The van der Waals surface area contributed by atoms with E-state index in [9.17, 15) is 25.2 Å². The SMILES string of the molecule is CCCCCCCCCCCCCCCCC(C)[N+](CCCCCCCCCCCC)(C(=O)S)C1O[C@H](CO)[C@@H](O)[C@H](O)[C@H]1O. The molecule has 7 atom stereocenters. The Balaban J connectivity index is 2.62. The maximum atomic E-state index is 13.4. The van der Waals surface area contributed by atoms with Crippen LogP contribution in [-0.4, -0.2) is 80.0 Å². The van der Waals surface area contributed by atoms with Crippen LogP contribution in [0.2, 0.25) is 0 Å². The van der Waals surface area contributed by atoms with E-state index in [-0.39, 0.29) is 10.5 Å². The minimum atomic E-state index is -1.51. The number of ether oxygens (including phenoxy) is 1. The Morgan fingerprint density at radius 1 is 0.622 bits per heavy atom. The quantitative estimate of drug-likeness (QED) is 0.0312. The number of unbranched alkanes of at least 4 members (excludes halogenated alkanes) is 22. The first kappa shape index (κ1) is 42.8. The molecule has 268 valence electrons. The zero-order valence-corrected chi connectivity index (χ0v) is 30.5. The van der Waals surface area contributed by atoms with Gasteiger partial charge in [-0.1, -0.05) is 149 Å². The molecule has 45 heavy (non-hydrogen) atoms. The molecular weight excluding hydrogens is 586 g/mol. The fourth-order valence-electron chi connectivity index (χ4n) is 7.18. The van der Waals surface area contributed by atoms with Crippen molar-refractivity contribution in [2.24, 2.45) is 0 Å². The van der Waals surface area contributed by atoms with E-state index in [1.165, 1.54) is 122 Å². The zero-order chi connectivity index (χ0) is 33.3. The topological polar surface area (TPSA) is 107 Å². The molecule has 8 heteroatoms. The van der Waals surface area contributed by atoms with Crippen LogP contribution < -0.4 is 0 Å². The van der Waals surface area contributed by atoms with Gasteiger partial charge in [0.25, 0.3) is 0 Å². The molecule has 1 aliphatic rings. The fraction of sp³-hybridized carbons (Fsp3) is 0.973. The molecule has 1 fully saturated rings. The largest absolute Gasteiger partial charge is 0.394 e. The van der Waals surface area contributed by atoms with Crippen molar-refractivity contribution >= 4 is 17.9 Å². The molecule has 7 nitrogen and oxygen atoms in total. The number of aliphatic hydroxyl groups is 4. The zero-order valence-electron chi connectivity index (χ0n) is 29.6. The van der Waals surface area contributed by atoms with Crippen LogP contribution in [0.25, 0.3) is 0 Å². The number of rotatable bonds is 29. The summed E-state index contributed by atoms with van der Waals surface area (Å²) in [5.41, 5.74) is 0. The van der Waals surface area contributed by atoms with Gasteiger partial charge in [0, 0.05) is 0 Å². The summed E-state index contributed by atoms with van der Waals surface area (Å²) in [6, 6.07) is -0.188. The number of quaternary nitrogens is 1. The molecular formula is C37H74NO6S+. The molecule has 0 aliphatic carbocycles. The van der Waals surface area contributed by atoms with Gasteiger partial charge in [-0.3, -0.25) is 0 Å². The molecule has 1 aliphatic heterocycles. The van der Waals surface area contributed by atoms with Crippen LogP contribution in [0.15, 0.2) is 0 Å². The highest BCUT2D eigenvalue weighted by molar-refractivity contribution is 7.96. The second-order valence-corrected chi connectivity index (χ2v) is 14.5. The Hall–Kier alpha value is -0.220. The minimum absolute atomic E-state index is 0.188. The third-order valence-corrected chi connectivity index (χ3v) is 10.7. The van der Waals surface area contributed by atoms with Crippen molar-refractivity contribution in [1.82, 2.24) is 0 Å². The first-order chi connectivity index (χ1) is 21.8. The Labute approximate surface area is 282 Å². The molecule has 0 aromatic carbocycles. The molecule has 1 heterocycles. The van der Waals surface area contributed by atoms with Crippen LogP contribution >= 0.6 is 12.6 Å². The van der Waals surface area contributed by atoms with Crippen molar-refractivity contribution in [2.75, 3.05) is 13.2 Å². The van der Waals surface area contributed by atoms with Crippen molar-refractivity contribution in [1.29, 1.82) is 0 Å². The van der Waals surface area contributed by atoms with Crippen LogP contribution in [0.5, 0.6) is 0 Å². The Morgan fingerprint density at radius 2 is 1.00 bits per heavy atom. The summed E-state index contributed by atoms with van der Waals surface area (Å²) in [6.07, 6.45) is 23.9. The highest BCUT2D eigenvalue weighted by Gasteiger charge is 2.57. The number of carbonyl (C=O) groups is 1. The number of hydrogen-bond donors (Lipinski definition) is 5. The summed E-state index contributed by atoms with van der Waals surface area (Å²) in [4.78, 5) is 13.4. The predicted octanol–water partition coefficient (Wildman–Crippen LogP) is 8.83. The van der Waals surface area contributed by atoms with Gasteiger partial charge in [0.1, 0.15) is 18.3 Å². The molecule has 0 aromatic rings.